The molecule has 0 fully saturated rings. The predicted octanol–water partition coefficient (Wildman–Crippen LogP) is 2.68. The van der Waals surface area contributed by atoms with Gasteiger partial charge in [0.05, 0.1) is 5.69 Å². The molecule has 152 valence electrons. The Hall–Kier alpha value is -3.81. The van der Waals surface area contributed by atoms with Gasteiger partial charge in [0, 0.05) is 43.5 Å². The van der Waals surface area contributed by atoms with Crippen LogP contribution in [0, 0.1) is 13.8 Å². The van der Waals surface area contributed by atoms with Crippen molar-refractivity contribution < 1.29 is 9.59 Å². The zero-order chi connectivity index (χ0) is 21.1. The molecule has 2 amide bonds. The largest absolute Gasteiger partial charge is 0.347 e. The Morgan fingerprint density at radius 3 is 2.80 bits per heavy atom. The third kappa shape index (κ3) is 3.98. The van der Waals surface area contributed by atoms with Crippen molar-refractivity contribution in [1.82, 2.24) is 20.1 Å². The van der Waals surface area contributed by atoms with Gasteiger partial charge in [-0.25, -0.2) is 14.7 Å². The summed E-state index contributed by atoms with van der Waals surface area (Å²) in [4.78, 5) is 29.6. The lowest BCUT2D eigenvalue weighted by molar-refractivity contribution is -0.119. The Balaban J connectivity index is 1.53. The van der Waals surface area contributed by atoms with E-state index in [2.05, 4.69) is 20.5 Å². The third-order valence-corrected chi connectivity index (χ3v) is 4.92. The number of amides is 2. The zero-order valence-corrected chi connectivity index (χ0v) is 16.9. The standard InChI is InChI=1S/C22H22N6O2/c1-15-6-7-16(2)19(13-15)28-20(29)9-8-18(26-28)22(30)24-14-17-5-3-10-23-21(17)27-12-4-11-25-27/h3-7,10-13H,8-9,14H2,1-2H3,(H,24,30). The van der Waals surface area contributed by atoms with Crippen LogP contribution < -0.4 is 10.3 Å². The number of pyridine rings is 1. The molecule has 8 heteroatoms. The highest BCUT2D eigenvalue weighted by Crippen LogP contribution is 2.25. The maximum Gasteiger partial charge on any atom is 0.267 e. The molecule has 1 aliphatic heterocycles. The van der Waals surface area contributed by atoms with Gasteiger partial charge in [0.15, 0.2) is 5.82 Å². The first-order valence-electron chi connectivity index (χ1n) is 9.73. The molecule has 0 radical (unpaired) electrons. The first kappa shape index (κ1) is 19.5. The summed E-state index contributed by atoms with van der Waals surface area (Å²) in [6.45, 7) is 4.16. The number of aromatic nitrogens is 3. The van der Waals surface area contributed by atoms with E-state index >= 15 is 0 Å². The Morgan fingerprint density at radius 1 is 1.13 bits per heavy atom. The highest BCUT2D eigenvalue weighted by Gasteiger charge is 2.26. The molecule has 8 nitrogen and oxygen atoms in total. The topological polar surface area (TPSA) is 92.5 Å². The van der Waals surface area contributed by atoms with Gasteiger partial charge in [-0.3, -0.25) is 9.59 Å². The number of hydrogen-bond acceptors (Lipinski definition) is 5. The fourth-order valence-electron chi connectivity index (χ4n) is 3.30. The van der Waals surface area contributed by atoms with Crippen LogP contribution >= 0.6 is 0 Å². The zero-order valence-electron chi connectivity index (χ0n) is 16.9. The van der Waals surface area contributed by atoms with Gasteiger partial charge in [0.1, 0.15) is 5.71 Å². The van der Waals surface area contributed by atoms with E-state index in [1.54, 1.807) is 23.3 Å². The predicted molar refractivity (Wildman–Crippen MR) is 113 cm³/mol. The number of carbonyl (C=O) groups excluding carboxylic acids is 2. The van der Waals surface area contributed by atoms with Crippen molar-refractivity contribution in [3.8, 4) is 5.82 Å². The van der Waals surface area contributed by atoms with E-state index in [1.807, 2.05) is 50.2 Å². The fraction of sp³-hybridized carbons (Fsp3) is 0.227. The monoisotopic (exact) mass is 402 g/mol. The van der Waals surface area contributed by atoms with Crippen LogP contribution in [-0.4, -0.2) is 32.3 Å². The minimum Gasteiger partial charge on any atom is -0.347 e. The van der Waals surface area contributed by atoms with Crippen LogP contribution in [0.4, 0.5) is 5.69 Å². The number of benzene rings is 1. The average Bonchev–Trinajstić information content (AvgIpc) is 3.29. The number of carbonyl (C=O) groups is 2. The van der Waals surface area contributed by atoms with E-state index in [4.69, 9.17) is 0 Å². The minimum atomic E-state index is -0.298. The molecule has 1 N–H and O–H groups in total. The molecule has 2 aromatic heterocycles. The molecular formula is C22H22N6O2. The highest BCUT2D eigenvalue weighted by molar-refractivity contribution is 6.40. The maximum absolute atomic E-state index is 12.8. The maximum atomic E-state index is 12.8. The summed E-state index contributed by atoms with van der Waals surface area (Å²) in [5, 5.41) is 12.8. The quantitative estimate of drug-likeness (QED) is 0.710. The van der Waals surface area contributed by atoms with Crippen LogP contribution in [0.3, 0.4) is 0 Å². The Morgan fingerprint density at radius 2 is 2.00 bits per heavy atom. The molecular weight excluding hydrogens is 380 g/mol. The molecule has 0 aliphatic carbocycles. The van der Waals surface area contributed by atoms with Gasteiger partial charge in [-0.05, 0) is 43.2 Å². The van der Waals surface area contributed by atoms with Crippen molar-refractivity contribution in [1.29, 1.82) is 0 Å². The lowest BCUT2D eigenvalue weighted by Crippen LogP contribution is -2.39. The first-order chi connectivity index (χ1) is 14.5. The second kappa shape index (κ2) is 8.28. The molecule has 0 saturated heterocycles. The molecule has 30 heavy (non-hydrogen) atoms. The summed E-state index contributed by atoms with van der Waals surface area (Å²) in [7, 11) is 0. The summed E-state index contributed by atoms with van der Waals surface area (Å²) < 4.78 is 1.65. The lowest BCUT2D eigenvalue weighted by atomic mass is 10.1. The van der Waals surface area contributed by atoms with Crippen molar-refractivity contribution in [2.75, 3.05) is 5.01 Å². The summed E-state index contributed by atoms with van der Waals surface area (Å²) in [6.07, 6.45) is 5.70. The number of hydrogen-bond donors (Lipinski definition) is 1. The molecule has 1 aromatic carbocycles. The second-order valence-electron chi connectivity index (χ2n) is 7.16. The molecule has 4 rings (SSSR count). The van der Waals surface area contributed by atoms with Gasteiger partial charge in [0.25, 0.3) is 5.91 Å². The molecule has 3 aromatic rings. The van der Waals surface area contributed by atoms with Crippen molar-refractivity contribution in [2.45, 2.75) is 33.2 Å². The number of rotatable bonds is 5. The highest BCUT2D eigenvalue weighted by atomic mass is 16.2. The normalized spacial score (nSPS) is 13.9. The van der Waals surface area contributed by atoms with Gasteiger partial charge < -0.3 is 5.32 Å². The van der Waals surface area contributed by atoms with Crippen LogP contribution in [0.5, 0.6) is 0 Å². The van der Waals surface area contributed by atoms with Gasteiger partial charge in [-0.15, -0.1) is 0 Å². The summed E-state index contributed by atoms with van der Waals surface area (Å²) in [6, 6.07) is 11.3. The first-order valence-corrected chi connectivity index (χ1v) is 9.73. The molecule has 0 saturated carbocycles. The number of nitrogens with zero attached hydrogens (tertiary/aromatic N) is 5. The van der Waals surface area contributed by atoms with E-state index in [0.717, 1.165) is 16.7 Å². The Kier molecular flexibility index (Phi) is 5.38. The van der Waals surface area contributed by atoms with Crippen molar-refractivity contribution in [3.05, 3.63) is 71.7 Å². The number of nitrogens with one attached hydrogen (secondary N) is 1. The lowest BCUT2D eigenvalue weighted by Gasteiger charge is -2.25. The Labute approximate surface area is 174 Å². The van der Waals surface area contributed by atoms with E-state index in [9.17, 15) is 9.59 Å². The van der Waals surface area contributed by atoms with Crippen molar-refractivity contribution in [3.63, 3.8) is 0 Å². The van der Waals surface area contributed by atoms with Gasteiger partial charge in [-0.2, -0.15) is 10.2 Å². The summed E-state index contributed by atoms with van der Waals surface area (Å²) >= 11 is 0. The third-order valence-electron chi connectivity index (χ3n) is 4.92. The molecule has 3 heterocycles. The number of hydrazone groups is 1. The van der Waals surface area contributed by atoms with E-state index in [-0.39, 0.29) is 24.8 Å². The van der Waals surface area contributed by atoms with E-state index < -0.39 is 0 Å². The van der Waals surface area contributed by atoms with Crippen LogP contribution in [0.1, 0.15) is 29.5 Å². The average molecular weight is 402 g/mol. The summed E-state index contributed by atoms with van der Waals surface area (Å²) in [5.74, 6) is 0.238. The molecule has 0 unspecified atom stereocenters. The van der Waals surface area contributed by atoms with Crippen LogP contribution in [0.25, 0.3) is 5.82 Å². The number of anilines is 1. The van der Waals surface area contributed by atoms with Crippen LogP contribution in [0.2, 0.25) is 0 Å². The smallest absolute Gasteiger partial charge is 0.267 e. The second-order valence-corrected chi connectivity index (χ2v) is 7.16. The number of aryl methyl sites for hydroxylation is 2. The molecule has 0 atom stereocenters. The van der Waals surface area contributed by atoms with Gasteiger partial charge in [0.2, 0.25) is 5.91 Å². The van der Waals surface area contributed by atoms with Gasteiger partial charge in [-0.1, -0.05) is 18.2 Å². The van der Waals surface area contributed by atoms with Crippen molar-refractivity contribution in [2.24, 2.45) is 5.10 Å². The van der Waals surface area contributed by atoms with Crippen LogP contribution in [0.15, 0.2) is 60.1 Å². The summed E-state index contributed by atoms with van der Waals surface area (Å²) in [5.41, 5.74) is 3.82. The fourth-order valence-corrected chi connectivity index (χ4v) is 3.30. The molecule has 0 bridgehead atoms. The SMILES string of the molecule is Cc1ccc(C)c(N2N=C(C(=O)NCc3cccnc3-n3cccn3)CCC2=O)c1. The molecule has 1 aliphatic rings. The van der Waals surface area contributed by atoms with Crippen molar-refractivity contribution >= 4 is 23.2 Å². The van der Waals surface area contributed by atoms with E-state index in [1.165, 1.54) is 5.01 Å². The van der Waals surface area contributed by atoms with E-state index in [0.29, 0.717) is 23.6 Å². The minimum absolute atomic E-state index is 0.117. The van der Waals surface area contributed by atoms with Crippen LogP contribution in [-0.2, 0) is 16.1 Å². The molecule has 0 spiro atoms. The van der Waals surface area contributed by atoms with Gasteiger partial charge >= 0.3 is 0 Å². The Bertz CT molecular complexity index is 1120.